The van der Waals surface area contributed by atoms with Gasteiger partial charge < -0.3 is 0 Å². The molecule has 0 saturated carbocycles. The fraction of sp³-hybridized carbons (Fsp3) is 0.143. The van der Waals surface area contributed by atoms with E-state index in [-0.39, 0.29) is 0 Å². The van der Waals surface area contributed by atoms with E-state index in [0.29, 0.717) is 0 Å². The van der Waals surface area contributed by atoms with Crippen molar-refractivity contribution in [3.05, 3.63) is 29.8 Å². The third-order valence-electron chi connectivity index (χ3n) is 1.10. The summed E-state index contributed by atoms with van der Waals surface area (Å²) >= 11 is 1.85. The summed E-state index contributed by atoms with van der Waals surface area (Å²) in [5.41, 5.74) is 1.26. The first kappa shape index (κ1) is 7.40. The Kier molecular flexibility index (Phi) is 2.84. The summed E-state index contributed by atoms with van der Waals surface area (Å²) in [7, 11) is 0. The second kappa shape index (κ2) is 3.46. The summed E-state index contributed by atoms with van der Waals surface area (Å²) in [6.45, 7) is 2.05. The number of benzene rings is 1. The Hall–Kier alpha value is 0.293. The fourth-order valence-electron chi connectivity index (χ4n) is 0.581. The van der Waals surface area contributed by atoms with Crippen LogP contribution in [0.5, 0.6) is 5.75 Å². The van der Waals surface area contributed by atoms with Gasteiger partial charge in [-0.2, -0.15) is 0 Å². The van der Waals surface area contributed by atoms with E-state index in [1.165, 1.54) is 5.56 Å². The normalized spacial score (nSPS) is 9.22. The summed E-state index contributed by atoms with van der Waals surface area (Å²) in [5.74, 6) is 0.905. The molecule has 0 aliphatic rings. The van der Waals surface area contributed by atoms with Crippen LogP contribution in [0.3, 0.4) is 0 Å². The molecule has 0 bridgehead atoms. The zero-order valence-corrected chi connectivity index (χ0v) is 7.06. The van der Waals surface area contributed by atoms with Gasteiger partial charge >= 0.3 is 80.7 Å². The van der Waals surface area contributed by atoms with Crippen molar-refractivity contribution in [1.29, 1.82) is 0 Å². The van der Waals surface area contributed by atoms with E-state index in [1.54, 1.807) is 0 Å². The SMILES string of the molecule is Cc1ccc([O][Dy])cc1. The van der Waals surface area contributed by atoms with Gasteiger partial charge in [0.05, 0.1) is 0 Å². The molecule has 1 rings (SSSR count). The van der Waals surface area contributed by atoms with Crippen LogP contribution in [0.4, 0.5) is 0 Å². The van der Waals surface area contributed by atoms with Gasteiger partial charge in [-0.1, -0.05) is 0 Å². The molecule has 1 nitrogen and oxygen atoms in total. The summed E-state index contributed by atoms with van der Waals surface area (Å²) in [6.07, 6.45) is 0. The van der Waals surface area contributed by atoms with Gasteiger partial charge in [-0.25, -0.2) is 0 Å². The van der Waals surface area contributed by atoms with E-state index in [2.05, 4.69) is 6.92 Å². The minimum absolute atomic E-state index is 0.905. The predicted molar refractivity (Wildman–Crippen MR) is 31.8 cm³/mol. The molecule has 0 aromatic heterocycles. The summed E-state index contributed by atoms with van der Waals surface area (Å²) in [4.78, 5) is 0. The first-order valence-electron chi connectivity index (χ1n) is 2.65. The molecule has 0 unspecified atom stereocenters. The summed E-state index contributed by atoms with van der Waals surface area (Å²) in [5, 5.41) is 0. The quantitative estimate of drug-likeness (QED) is 0.756. The van der Waals surface area contributed by atoms with Crippen molar-refractivity contribution < 1.29 is 38.2 Å². The van der Waals surface area contributed by atoms with Crippen LogP contribution in [0.1, 0.15) is 5.56 Å². The van der Waals surface area contributed by atoms with Crippen LogP contribution in [0.2, 0.25) is 0 Å². The van der Waals surface area contributed by atoms with E-state index in [9.17, 15) is 0 Å². The van der Waals surface area contributed by atoms with E-state index in [4.69, 9.17) is 1.39 Å². The van der Waals surface area contributed by atoms with Gasteiger partial charge in [-0.3, -0.25) is 0 Å². The van der Waals surface area contributed by atoms with Crippen LogP contribution in [-0.4, -0.2) is 0 Å². The Balaban J connectivity index is 2.88. The average molecular weight is 270 g/mol. The van der Waals surface area contributed by atoms with Crippen LogP contribution < -0.4 is 1.39 Å². The zero-order chi connectivity index (χ0) is 6.69. The van der Waals surface area contributed by atoms with Gasteiger partial charge in [0.1, 0.15) is 0 Å². The second-order valence-corrected chi connectivity index (χ2v) is 2.29. The van der Waals surface area contributed by atoms with Crippen LogP contribution in [0, 0.1) is 43.7 Å². The molecule has 0 fully saturated rings. The van der Waals surface area contributed by atoms with E-state index >= 15 is 0 Å². The van der Waals surface area contributed by atoms with Gasteiger partial charge in [0.2, 0.25) is 0 Å². The molecule has 0 aliphatic carbocycles. The molecule has 1 aromatic carbocycles. The zero-order valence-electron chi connectivity index (χ0n) is 5.03. The maximum atomic E-state index is 4.94. The molecule has 1 aromatic rings. The van der Waals surface area contributed by atoms with E-state index in [0.717, 1.165) is 5.75 Å². The van der Waals surface area contributed by atoms with Crippen LogP contribution in [0.25, 0.3) is 0 Å². The van der Waals surface area contributed by atoms with Crippen molar-refractivity contribution in [2.75, 3.05) is 0 Å². The summed E-state index contributed by atoms with van der Waals surface area (Å²) in [6, 6.07) is 7.94. The molecule has 0 saturated heterocycles. The van der Waals surface area contributed by atoms with Crippen molar-refractivity contribution in [2.24, 2.45) is 0 Å². The first-order chi connectivity index (χ1) is 4.33. The molecule has 0 amide bonds. The molecular formula is C7H7DyO. The molecule has 2 heteroatoms. The third kappa shape index (κ3) is 2.17. The van der Waals surface area contributed by atoms with Crippen molar-refractivity contribution in [3.63, 3.8) is 0 Å². The van der Waals surface area contributed by atoms with Gasteiger partial charge in [-0.15, -0.1) is 0 Å². The number of aryl methyl sites for hydroxylation is 1. The standard InChI is InChI=1S/C7H8O.Dy/c1-6-2-4-7(8)5-3-6;/h2-5,8H,1H3;/q;+1/p-1. The Morgan fingerprint density at radius 1 is 1.22 bits per heavy atom. The molecule has 0 atom stereocenters. The first-order valence-corrected chi connectivity index (χ1v) is 3.48. The maximum absolute atomic E-state index is 4.94. The van der Waals surface area contributed by atoms with Gasteiger partial charge in [-0.05, 0) is 0 Å². The van der Waals surface area contributed by atoms with Gasteiger partial charge in [0, 0.05) is 0 Å². The number of hydrogen-bond acceptors (Lipinski definition) is 1. The molecular weight excluding hydrogens is 263 g/mol. The molecule has 0 spiro atoms. The average Bonchev–Trinajstić information content (AvgIpc) is 1.90. The van der Waals surface area contributed by atoms with Gasteiger partial charge in [0.25, 0.3) is 0 Å². The Bertz CT molecular complexity index is 181. The number of rotatable bonds is 1. The van der Waals surface area contributed by atoms with Crippen molar-refractivity contribution in [3.8, 4) is 5.75 Å². The molecule has 0 aliphatic heterocycles. The molecule has 0 N–H and O–H groups in total. The predicted octanol–water partition coefficient (Wildman–Crippen LogP) is 1.84. The molecule has 0 radical (unpaired) electrons. The van der Waals surface area contributed by atoms with Crippen LogP contribution in [-0.2, 0) is 0 Å². The Morgan fingerprint density at radius 2 is 1.78 bits per heavy atom. The molecule has 51 valence electrons. The summed E-state index contributed by atoms with van der Waals surface area (Å²) < 4.78 is 4.94. The second-order valence-electron chi connectivity index (χ2n) is 1.88. The van der Waals surface area contributed by atoms with E-state index < -0.39 is 0 Å². The van der Waals surface area contributed by atoms with Crippen LogP contribution in [0.15, 0.2) is 24.3 Å². The Labute approximate surface area is 80.0 Å². The Morgan fingerprint density at radius 3 is 2.22 bits per heavy atom. The van der Waals surface area contributed by atoms with E-state index in [1.807, 2.05) is 61.0 Å². The topological polar surface area (TPSA) is 9.23 Å². The van der Waals surface area contributed by atoms with Crippen molar-refractivity contribution in [2.45, 2.75) is 6.92 Å². The van der Waals surface area contributed by atoms with Crippen molar-refractivity contribution >= 4 is 0 Å². The minimum atomic E-state index is 0.905. The van der Waals surface area contributed by atoms with Gasteiger partial charge in [0.15, 0.2) is 0 Å². The fourth-order valence-corrected chi connectivity index (χ4v) is 0.857. The molecule has 0 heterocycles. The molecule has 9 heavy (non-hydrogen) atoms. The monoisotopic (exact) mass is 271 g/mol. The van der Waals surface area contributed by atoms with Crippen LogP contribution >= 0.6 is 0 Å². The third-order valence-corrected chi connectivity index (χ3v) is 1.57. The number of hydrogen-bond donors (Lipinski definition) is 0. The van der Waals surface area contributed by atoms with Crippen molar-refractivity contribution in [1.82, 2.24) is 0 Å².